The Morgan fingerprint density at radius 2 is 1.71 bits per heavy atom. The molecule has 0 bridgehead atoms. The lowest BCUT2D eigenvalue weighted by molar-refractivity contribution is 0.0993. The number of rotatable bonds is 3. The number of hydrogen-bond donors (Lipinski definition) is 1. The molecule has 0 radical (unpaired) electrons. The summed E-state index contributed by atoms with van der Waals surface area (Å²) in [5.74, 6) is -0.527. The average Bonchev–Trinajstić information content (AvgIpc) is 2.90. The van der Waals surface area contributed by atoms with Crippen LogP contribution in [-0.2, 0) is 0 Å². The number of carbonyl (C=O) groups excluding carboxylic acids is 1. The maximum Gasteiger partial charge on any atom is 0.262 e. The zero-order valence-electron chi connectivity index (χ0n) is 12.7. The molecule has 0 unspecified atom stereocenters. The van der Waals surface area contributed by atoms with E-state index in [2.05, 4.69) is 10.3 Å². The molecule has 5 heteroatoms. The van der Waals surface area contributed by atoms with Crippen molar-refractivity contribution in [2.45, 2.75) is 6.17 Å². The summed E-state index contributed by atoms with van der Waals surface area (Å²) in [6.07, 6.45) is 1.07. The number of amides is 1. The molecule has 1 N–H and O–H groups in total. The van der Waals surface area contributed by atoms with Crippen molar-refractivity contribution in [3.05, 3.63) is 90.0 Å². The topological polar surface area (TPSA) is 45.2 Å². The zero-order chi connectivity index (χ0) is 16.5. The Kier molecular flexibility index (Phi) is 3.46. The van der Waals surface area contributed by atoms with E-state index in [1.165, 1.54) is 6.07 Å². The number of anilines is 2. The molecule has 0 spiro atoms. The van der Waals surface area contributed by atoms with Crippen LogP contribution in [0.2, 0.25) is 0 Å². The lowest BCUT2D eigenvalue weighted by Crippen LogP contribution is -2.32. The van der Waals surface area contributed by atoms with Crippen molar-refractivity contribution in [1.82, 2.24) is 4.98 Å². The zero-order valence-corrected chi connectivity index (χ0v) is 12.7. The van der Waals surface area contributed by atoms with Gasteiger partial charge in [-0.25, -0.2) is 4.39 Å². The second kappa shape index (κ2) is 5.77. The Hall–Kier alpha value is -3.21. The Labute approximate surface area is 138 Å². The highest BCUT2D eigenvalue weighted by molar-refractivity contribution is 6.11. The standard InChI is InChI=1S/C19H14FN3O/c20-15-10-4-5-11-16(15)22-18-17-14(9-6-12-21-17)19(24)23(18)13-7-2-1-3-8-13/h1-12,18,22H/t18-/m0/s1. The molecular weight excluding hydrogens is 305 g/mol. The van der Waals surface area contributed by atoms with Gasteiger partial charge in [0.25, 0.3) is 5.91 Å². The van der Waals surface area contributed by atoms with Gasteiger partial charge in [-0.2, -0.15) is 0 Å². The monoisotopic (exact) mass is 319 g/mol. The highest BCUT2D eigenvalue weighted by atomic mass is 19.1. The number of carbonyl (C=O) groups is 1. The second-order valence-corrected chi connectivity index (χ2v) is 5.47. The van der Waals surface area contributed by atoms with Gasteiger partial charge in [-0.05, 0) is 36.4 Å². The van der Waals surface area contributed by atoms with Gasteiger partial charge >= 0.3 is 0 Å². The molecule has 1 atom stereocenters. The number of aromatic nitrogens is 1. The highest BCUT2D eigenvalue weighted by Crippen LogP contribution is 2.37. The van der Waals surface area contributed by atoms with Gasteiger partial charge in [-0.15, -0.1) is 0 Å². The van der Waals surface area contributed by atoms with Gasteiger partial charge in [0.1, 0.15) is 5.82 Å². The van der Waals surface area contributed by atoms with Crippen molar-refractivity contribution in [1.29, 1.82) is 0 Å². The number of hydrogen-bond acceptors (Lipinski definition) is 3. The number of fused-ring (bicyclic) bond motifs is 1. The van der Waals surface area contributed by atoms with E-state index < -0.39 is 6.17 Å². The van der Waals surface area contributed by atoms with Gasteiger partial charge in [0.15, 0.2) is 6.17 Å². The number of para-hydroxylation sites is 2. The smallest absolute Gasteiger partial charge is 0.262 e. The molecule has 1 amide bonds. The van der Waals surface area contributed by atoms with Crippen LogP contribution in [0.3, 0.4) is 0 Å². The average molecular weight is 319 g/mol. The minimum atomic E-state index is -0.562. The van der Waals surface area contributed by atoms with E-state index in [1.807, 2.05) is 30.3 Å². The molecule has 3 aromatic rings. The number of pyridine rings is 1. The van der Waals surface area contributed by atoms with Crippen LogP contribution >= 0.6 is 0 Å². The Bertz CT molecular complexity index is 898. The van der Waals surface area contributed by atoms with Crippen LogP contribution in [0.5, 0.6) is 0 Å². The van der Waals surface area contributed by atoms with Crippen molar-refractivity contribution in [3.8, 4) is 0 Å². The van der Waals surface area contributed by atoms with Crippen molar-refractivity contribution in [2.24, 2.45) is 0 Å². The van der Waals surface area contributed by atoms with Crippen LogP contribution in [0.4, 0.5) is 15.8 Å². The molecule has 24 heavy (non-hydrogen) atoms. The quantitative estimate of drug-likeness (QED) is 0.794. The third kappa shape index (κ3) is 2.31. The first-order valence-corrected chi connectivity index (χ1v) is 7.60. The van der Waals surface area contributed by atoms with Crippen LogP contribution in [0.15, 0.2) is 72.9 Å². The van der Waals surface area contributed by atoms with Gasteiger partial charge in [-0.3, -0.25) is 14.7 Å². The largest absolute Gasteiger partial charge is 0.357 e. The molecule has 118 valence electrons. The lowest BCUT2D eigenvalue weighted by Gasteiger charge is -2.26. The summed E-state index contributed by atoms with van der Waals surface area (Å²) in [5.41, 5.74) is 2.17. The van der Waals surface area contributed by atoms with Gasteiger partial charge in [-0.1, -0.05) is 30.3 Å². The second-order valence-electron chi connectivity index (χ2n) is 5.47. The van der Waals surface area contributed by atoms with Gasteiger partial charge in [0, 0.05) is 11.9 Å². The van der Waals surface area contributed by atoms with Crippen LogP contribution < -0.4 is 10.2 Å². The molecule has 0 fully saturated rings. The van der Waals surface area contributed by atoms with E-state index >= 15 is 0 Å². The molecular formula is C19H14FN3O. The molecule has 4 nitrogen and oxygen atoms in total. The minimum Gasteiger partial charge on any atom is -0.357 e. The molecule has 1 aromatic heterocycles. The summed E-state index contributed by atoms with van der Waals surface area (Å²) in [6, 6.07) is 19.2. The van der Waals surface area contributed by atoms with Crippen molar-refractivity contribution in [2.75, 3.05) is 10.2 Å². The van der Waals surface area contributed by atoms with Crippen LogP contribution in [-0.4, -0.2) is 10.9 Å². The molecule has 1 aliphatic rings. The third-order valence-electron chi connectivity index (χ3n) is 4.01. The van der Waals surface area contributed by atoms with Gasteiger partial charge in [0.05, 0.1) is 16.9 Å². The van der Waals surface area contributed by atoms with Gasteiger partial charge < -0.3 is 5.32 Å². The molecule has 0 aliphatic carbocycles. The van der Waals surface area contributed by atoms with E-state index in [9.17, 15) is 9.18 Å². The third-order valence-corrected chi connectivity index (χ3v) is 4.01. The van der Waals surface area contributed by atoms with E-state index in [-0.39, 0.29) is 11.7 Å². The first-order valence-electron chi connectivity index (χ1n) is 7.60. The fourth-order valence-electron chi connectivity index (χ4n) is 2.90. The maximum atomic E-state index is 14.1. The van der Waals surface area contributed by atoms with E-state index in [4.69, 9.17) is 0 Å². The van der Waals surface area contributed by atoms with Crippen molar-refractivity contribution >= 4 is 17.3 Å². The fourth-order valence-corrected chi connectivity index (χ4v) is 2.90. The number of nitrogens with zero attached hydrogens (tertiary/aromatic N) is 2. The first-order chi connectivity index (χ1) is 11.8. The molecule has 2 heterocycles. The number of nitrogens with one attached hydrogen (secondary N) is 1. The van der Waals surface area contributed by atoms with Gasteiger partial charge in [0.2, 0.25) is 0 Å². The molecule has 1 aliphatic heterocycles. The van der Waals surface area contributed by atoms with E-state index in [1.54, 1.807) is 41.4 Å². The SMILES string of the molecule is O=C1c2cccnc2[C@@H](Nc2ccccc2F)N1c1ccccc1. The summed E-state index contributed by atoms with van der Waals surface area (Å²) >= 11 is 0. The predicted molar refractivity (Wildman–Crippen MR) is 90.3 cm³/mol. The lowest BCUT2D eigenvalue weighted by atomic mass is 10.2. The molecule has 0 saturated carbocycles. The van der Waals surface area contributed by atoms with Crippen molar-refractivity contribution in [3.63, 3.8) is 0 Å². The number of benzene rings is 2. The maximum absolute atomic E-state index is 14.1. The summed E-state index contributed by atoms with van der Waals surface area (Å²) < 4.78 is 14.1. The summed E-state index contributed by atoms with van der Waals surface area (Å²) in [4.78, 5) is 18.8. The first kappa shape index (κ1) is 14.4. The Morgan fingerprint density at radius 3 is 2.50 bits per heavy atom. The molecule has 2 aromatic carbocycles. The van der Waals surface area contributed by atoms with Crippen LogP contribution in [0.25, 0.3) is 0 Å². The summed E-state index contributed by atoms with van der Waals surface area (Å²) in [6.45, 7) is 0. The summed E-state index contributed by atoms with van der Waals surface area (Å²) in [7, 11) is 0. The Balaban J connectivity index is 1.81. The van der Waals surface area contributed by atoms with E-state index in [0.717, 1.165) is 5.69 Å². The molecule has 4 rings (SSSR count). The van der Waals surface area contributed by atoms with E-state index in [0.29, 0.717) is 16.9 Å². The summed E-state index contributed by atoms with van der Waals surface area (Å²) in [5, 5.41) is 3.11. The van der Waals surface area contributed by atoms with Crippen molar-refractivity contribution < 1.29 is 9.18 Å². The van der Waals surface area contributed by atoms with Crippen LogP contribution in [0, 0.1) is 5.82 Å². The van der Waals surface area contributed by atoms with Crippen LogP contribution in [0.1, 0.15) is 22.2 Å². The minimum absolute atomic E-state index is 0.155. The normalized spacial score (nSPS) is 16.1. The predicted octanol–water partition coefficient (Wildman–Crippen LogP) is 3.99. The number of halogens is 1. The fraction of sp³-hybridized carbons (Fsp3) is 0.0526. The molecule has 0 saturated heterocycles. The highest BCUT2D eigenvalue weighted by Gasteiger charge is 2.39. The Morgan fingerprint density at radius 1 is 0.958 bits per heavy atom.